The van der Waals surface area contributed by atoms with Gasteiger partial charge in [0.1, 0.15) is 0 Å². The molecule has 0 radical (unpaired) electrons. The van der Waals surface area contributed by atoms with Gasteiger partial charge in [-0.3, -0.25) is 9.59 Å². The molecule has 1 atom stereocenters. The minimum Gasteiger partial charge on any atom is -0.468 e. The number of ether oxygens (including phenoxy) is 2. The number of hydrogen-bond acceptors (Lipinski definition) is 4. The maximum Gasteiger partial charge on any atom is 0.323 e. The van der Waals surface area contributed by atoms with Crippen molar-refractivity contribution in [2.24, 2.45) is 11.3 Å². The maximum atomic E-state index is 12.0. The summed E-state index contributed by atoms with van der Waals surface area (Å²) in [4.78, 5) is 24.0. The lowest BCUT2D eigenvalue weighted by Crippen LogP contribution is -2.45. The van der Waals surface area contributed by atoms with Crippen molar-refractivity contribution < 1.29 is 19.1 Å². The first kappa shape index (κ1) is 14.5. The van der Waals surface area contributed by atoms with Crippen molar-refractivity contribution >= 4 is 11.9 Å². The minimum atomic E-state index is -1.21. The second-order valence-corrected chi connectivity index (χ2v) is 4.83. The monoisotopic (exact) mass is 252 g/mol. The minimum absolute atomic E-state index is 0.0445. The average molecular weight is 252 g/mol. The fourth-order valence-electron chi connectivity index (χ4n) is 2.51. The van der Waals surface area contributed by atoms with Crippen LogP contribution in [-0.4, -0.2) is 26.2 Å². The van der Waals surface area contributed by atoms with Gasteiger partial charge in [-0.2, -0.15) is 0 Å². The first-order valence-corrected chi connectivity index (χ1v) is 5.89. The van der Waals surface area contributed by atoms with Gasteiger partial charge in [0.05, 0.1) is 14.2 Å². The molecule has 0 aromatic rings. The molecule has 1 saturated carbocycles. The van der Waals surface area contributed by atoms with Crippen molar-refractivity contribution in [3.63, 3.8) is 0 Å². The van der Waals surface area contributed by atoms with E-state index in [0.29, 0.717) is 19.3 Å². The Morgan fingerprint density at radius 2 is 1.78 bits per heavy atom. The van der Waals surface area contributed by atoms with Crippen LogP contribution in [0, 0.1) is 11.3 Å². The Kier molecular flexibility index (Phi) is 4.33. The molecule has 0 bridgehead atoms. The van der Waals surface area contributed by atoms with E-state index in [4.69, 9.17) is 9.47 Å². The van der Waals surface area contributed by atoms with Crippen molar-refractivity contribution in [3.05, 3.63) is 24.3 Å². The molecule has 0 aromatic heterocycles. The van der Waals surface area contributed by atoms with Gasteiger partial charge in [-0.15, -0.1) is 0 Å². The summed E-state index contributed by atoms with van der Waals surface area (Å²) < 4.78 is 9.56. The Morgan fingerprint density at radius 3 is 2.17 bits per heavy atom. The van der Waals surface area contributed by atoms with Gasteiger partial charge in [0.25, 0.3) is 0 Å². The van der Waals surface area contributed by atoms with Gasteiger partial charge in [0, 0.05) is 5.92 Å². The third-order valence-electron chi connectivity index (χ3n) is 3.67. The zero-order valence-corrected chi connectivity index (χ0v) is 11.2. The molecule has 1 fully saturated rings. The molecule has 0 aliphatic heterocycles. The maximum absolute atomic E-state index is 12.0. The van der Waals surface area contributed by atoms with Gasteiger partial charge < -0.3 is 9.47 Å². The van der Waals surface area contributed by atoms with E-state index in [9.17, 15) is 9.59 Å². The number of rotatable bonds is 3. The molecule has 0 amide bonds. The predicted octanol–water partition coefficient (Wildman–Crippen LogP) is 2.25. The molecule has 1 aliphatic carbocycles. The number of hydrogen-bond donors (Lipinski definition) is 0. The lowest BCUT2D eigenvalue weighted by Gasteiger charge is -2.37. The first-order chi connectivity index (χ1) is 8.39. The van der Waals surface area contributed by atoms with Crippen molar-refractivity contribution in [3.8, 4) is 0 Å². The molecule has 18 heavy (non-hydrogen) atoms. The van der Waals surface area contributed by atoms with Gasteiger partial charge in [-0.1, -0.05) is 24.3 Å². The first-order valence-electron chi connectivity index (χ1n) is 5.89. The number of carbonyl (C=O) groups is 2. The Labute approximate surface area is 108 Å². The summed E-state index contributed by atoms with van der Waals surface area (Å²) in [5, 5.41) is 0. The number of esters is 2. The van der Waals surface area contributed by atoms with Crippen LogP contribution in [0.25, 0.3) is 0 Å². The molecule has 0 spiro atoms. The molecule has 1 rings (SSSR count). The van der Waals surface area contributed by atoms with E-state index in [1.165, 1.54) is 14.2 Å². The van der Waals surface area contributed by atoms with Gasteiger partial charge in [0.2, 0.25) is 0 Å². The highest BCUT2D eigenvalue weighted by Gasteiger charge is 2.52. The smallest absolute Gasteiger partial charge is 0.323 e. The fraction of sp³-hybridized carbons (Fsp3) is 0.571. The van der Waals surface area contributed by atoms with Crippen LogP contribution in [0.3, 0.4) is 0 Å². The van der Waals surface area contributed by atoms with E-state index in [2.05, 4.69) is 13.2 Å². The molecule has 1 unspecified atom stereocenters. The highest BCUT2D eigenvalue weighted by Crippen LogP contribution is 2.45. The topological polar surface area (TPSA) is 52.6 Å². The highest BCUT2D eigenvalue weighted by atomic mass is 16.5. The van der Waals surface area contributed by atoms with Crippen LogP contribution in [0.1, 0.15) is 26.2 Å². The second-order valence-electron chi connectivity index (χ2n) is 4.83. The van der Waals surface area contributed by atoms with Gasteiger partial charge in [-0.25, -0.2) is 0 Å². The highest BCUT2D eigenvalue weighted by molar-refractivity contribution is 6.00. The lowest BCUT2D eigenvalue weighted by atomic mass is 9.66. The number of methoxy groups -OCH3 is 2. The third kappa shape index (κ3) is 2.33. The molecular weight excluding hydrogens is 232 g/mol. The molecule has 100 valence electrons. The van der Waals surface area contributed by atoms with Crippen LogP contribution in [-0.2, 0) is 19.1 Å². The van der Waals surface area contributed by atoms with Crippen LogP contribution in [0.4, 0.5) is 0 Å². The Hall–Kier alpha value is -1.58. The molecule has 4 heteroatoms. The quantitative estimate of drug-likeness (QED) is 0.439. The predicted molar refractivity (Wildman–Crippen MR) is 67.8 cm³/mol. The summed E-state index contributed by atoms with van der Waals surface area (Å²) in [6.07, 6.45) is 1.32. The normalized spacial score (nSPS) is 22.2. The molecular formula is C14H20O4. The fourth-order valence-corrected chi connectivity index (χ4v) is 2.51. The van der Waals surface area contributed by atoms with Crippen LogP contribution >= 0.6 is 0 Å². The lowest BCUT2D eigenvalue weighted by molar-refractivity contribution is -0.171. The van der Waals surface area contributed by atoms with Crippen LogP contribution in [0.15, 0.2) is 24.3 Å². The zero-order valence-electron chi connectivity index (χ0n) is 11.2. The summed E-state index contributed by atoms with van der Waals surface area (Å²) in [5.41, 5.74) is 0.691. The standard InChI is InChI=1S/C14H20O4/c1-9(2)11-8-14(12(15)17-4,13(16)18-5)7-6-10(11)3/h11H,1,3,6-8H2,2,4-5H3. The van der Waals surface area contributed by atoms with Gasteiger partial charge in [-0.05, 0) is 26.2 Å². The van der Waals surface area contributed by atoms with E-state index >= 15 is 0 Å². The van der Waals surface area contributed by atoms with Crippen LogP contribution in [0.5, 0.6) is 0 Å². The molecule has 0 heterocycles. The summed E-state index contributed by atoms with van der Waals surface area (Å²) >= 11 is 0. The number of allylic oxidation sites excluding steroid dienone is 2. The molecule has 0 saturated heterocycles. The zero-order chi connectivity index (χ0) is 13.9. The molecule has 1 aliphatic rings. The summed E-state index contributed by atoms with van der Waals surface area (Å²) in [6.45, 7) is 9.76. The summed E-state index contributed by atoms with van der Waals surface area (Å²) in [7, 11) is 2.57. The van der Waals surface area contributed by atoms with Crippen molar-refractivity contribution in [2.75, 3.05) is 14.2 Å². The van der Waals surface area contributed by atoms with E-state index in [1.54, 1.807) is 0 Å². The third-order valence-corrected chi connectivity index (χ3v) is 3.67. The molecule has 0 N–H and O–H groups in total. The second kappa shape index (κ2) is 5.38. The average Bonchev–Trinajstić information content (AvgIpc) is 2.37. The summed E-state index contributed by atoms with van der Waals surface area (Å²) in [5.74, 6) is -1.11. The SMILES string of the molecule is C=C(C)C1CC(C(=O)OC)(C(=O)OC)CCC1=C. The van der Waals surface area contributed by atoms with Crippen LogP contribution < -0.4 is 0 Å². The Bertz CT molecular complexity index is 379. The Morgan fingerprint density at radius 1 is 1.28 bits per heavy atom. The van der Waals surface area contributed by atoms with E-state index in [-0.39, 0.29) is 5.92 Å². The van der Waals surface area contributed by atoms with E-state index in [0.717, 1.165) is 11.1 Å². The van der Waals surface area contributed by atoms with Crippen molar-refractivity contribution in [1.29, 1.82) is 0 Å². The van der Waals surface area contributed by atoms with Gasteiger partial charge >= 0.3 is 11.9 Å². The molecule has 4 nitrogen and oxygen atoms in total. The van der Waals surface area contributed by atoms with Gasteiger partial charge in [0.15, 0.2) is 5.41 Å². The van der Waals surface area contributed by atoms with Crippen LogP contribution in [0.2, 0.25) is 0 Å². The molecule has 0 aromatic carbocycles. The number of carbonyl (C=O) groups excluding carboxylic acids is 2. The summed E-state index contributed by atoms with van der Waals surface area (Å²) in [6, 6.07) is 0. The van der Waals surface area contributed by atoms with E-state index in [1.807, 2.05) is 6.92 Å². The largest absolute Gasteiger partial charge is 0.468 e. The Balaban J connectivity index is 3.13. The van der Waals surface area contributed by atoms with Crippen molar-refractivity contribution in [1.82, 2.24) is 0 Å². The van der Waals surface area contributed by atoms with E-state index < -0.39 is 17.4 Å². The van der Waals surface area contributed by atoms with Crippen molar-refractivity contribution in [2.45, 2.75) is 26.2 Å².